The zero-order valence-corrected chi connectivity index (χ0v) is 22.1. The monoisotopic (exact) mass is 519 g/mol. The van der Waals surface area contributed by atoms with E-state index >= 15 is 0 Å². The first-order valence-corrected chi connectivity index (χ1v) is 13.4. The van der Waals surface area contributed by atoms with Gasteiger partial charge in [-0.15, -0.1) is 0 Å². The van der Waals surface area contributed by atoms with Crippen molar-refractivity contribution in [3.63, 3.8) is 0 Å². The first-order valence-electron chi connectivity index (χ1n) is 13.4. The van der Waals surface area contributed by atoms with Crippen LogP contribution in [0.3, 0.4) is 0 Å². The van der Waals surface area contributed by atoms with E-state index < -0.39 is 11.7 Å². The number of nitrogens with zero attached hydrogens (tertiary/aromatic N) is 1. The van der Waals surface area contributed by atoms with Crippen LogP contribution in [-0.4, -0.2) is 10.7 Å². The number of rotatable bonds is 2. The van der Waals surface area contributed by atoms with Crippen molar-refractivity contribution in [3.05, 3.63) is 119 Å². The van der Waals surface area contributed by atoms with Gasteiger partial charge in [0.25, 0.3) is 0 Å². The number of halogens is 3. The molecule has 194 valence electrons. The lowest BCUT2D eigenvalue weighted by molar-refractivity contribution is -0.0880. The van der Waals surface area contributed by atoms with Crippen molar-refractivity contribution < 1.29 is 13.2 Å². The lowest BCUT2D eigenvalue weighted by Crippen LogP contribution is -2.22. The molecule has 0 bridgehead atoms. The van der Waals surface area contributed by atoms with E-state index in [0.29, 0.717) is 6.42 Å². The van der Waals surface area contributed by atoms with Gasteiger partial charge in [-0.3, -0.25) is 0 Å². The third-order valence-corrected chi connectivity index (χ3v) is 8.55. The smallest absolute Gasteiger partial charge is 0.308 e. The minimum Gasteiger partial charge on any atom is -0.308 e. The standard InChI is InChI=1S/C35H28F3N/c1-21-17-25(22-11-5-4-6-12-22)33(30(18-21)35(36,37)38)39-31-16-10-8-14-24(31)27-19-26-23-13-7-9-15-28(23)34(2,3)29(26)20-32(27)39/h4-16,18-21H,17H2,1-3H3. The molecule has 0 aliphatic heterocycles. The van der Waals surface area contributed by atoms with Crippen molar-refractivity contribution in [1.82, 2.24) is 4.57 Å². The van der Waals surface area contributed by atoms with Crippen LogP contribution in [0.25, 0.3) is 44.2 Å². The number of aromatic nitrogens is 1. The van der Waals surface area contributed by atoms with Crippen LogP contribution >= 0.6 is 0 Å². The highest BCUT2D eigenvalue weighted by atomic mass is 19.4. The Morgan fingerprint density at radius 2 is 1.44 bits per heavy atom. The molecule has 0 N–H and O–H groups in total. The highest BCUT2D eigenvalue weighted by Gasteiger charge is 2.42. The minimum absolute atomic E-state index is 0.230. The summed E-state index contributed by atoms with van der Waals surface area (Å²) in [5, 5.41) is 1.93. The number of allylic oxidation sites excluding steroid dienone is 4. The van der Waals surface area contributed by atoms with Crippen LogP contribution in [0.2, 0.25) is 0 Å². The zero-order chi connectivity index (χ0) is 27.1. The molecule has 0 saturated heterocycles. The van der Waals surface area contributed by atoms with Crippen molar-refractivity contribution in [2.75, 3.05) is 0 Å². The maximum atomic E-state index is 14.9. The third kappa shape index (κ3) is 3.47. The summed E-state index contributed by atoms with van der Waals surface area (Å²) in [6.07, 6.45) is -2.54. The second-order valence-corrected chi connectivity index (χ2v) is 11.4. The van der Waals surface area contributed by atoms with Gasteiger partial charge in [0.05, 0.1) is 22.3 Å². The van der Waals surface area contributed by atoms with Gasteiger partial charge < -0.3 is 4.57 Å². The van der Waals surface area contributed by atoms with Gasteiger partial charge in [0.1, 0.15) is 0 Å². The lowest BCUT2D eigenvalue weighted by atomic mass is 9.82. The first kappa shape index (κ1) is 24.0. The Bertz CT molecular complexity index is 1850. The normalized spacial score (nSPS) is 18.4. The Hall–Kier alpha value is -4.05. The molecular weight excluding hydrogens is 491 g/mol. The predicted octanol–water partition coefficient (Wildman–Crippen LogP) is 10.00. The van der Waals surface area contributed by atoms with Crippen LogP contribution < -0.4 is 0 Å². The highest BCUT2D eigenvalue weighted by molar-refractivity contribution is 6.14. The summed E-state index contributed by atoms with van der Waals surface area (Å²) in [6, 6.07) is 30.2. The number of benzene rings is 4. The van der Waals surface area contributed by atoms with Crippen molar-refractivity contribution >= 4 is 33.1 Å². The summed E-state index contributed by atoms with van der Waals surface area (Å²) in [5.41, 5.74) is 7.31. The maximum absolute atomic E-state index is 14.9. The van der Waals surface area contributed by atoms with Crippen molar-refractivity contribution in [2.24, 2.45) is 5.92 Å². The Morgan fingerprint density at radius 3 is 2.21 bits per heavy atom. The van der Waals surface area contributed by atoms with Gasteiger partial charge in [-0.05, 0) is 63.9 Å². The predicted molar refractivity (Wildman–Crippen MR) is 154 cm³/mol. The third-order valence-electron chi connectivity index (χ3n) is 8.55. The molecule has 7 rings (SSSR count). The van der Waals surface area contributed by atoms with Crippen LogP contribution in [0.5, 0.6) is 0 Å². The van der Waals surface area contributed by atoms with Gasteiger partial charge in [-0.1, -0.05) is 99.6 Å². The van der Waals surface area contributed by atoms with Gasteiger partial charge in [0, 0.05) is 16.2 Å². The molecule has 0 radical (unpaired) electrons. The number of hydrogen-bond acceptors (Lipinski definition) is 0. The number of alkyl halides is 3. The molecule has 39 heavy (non-hydrogen) atoms. The quantitative estimate of drug-likeness (QED) is 0.219. The molecular formula is C35H28F3N. The fourth-order valence-corrected chi connectivity index (χ4v) is 6.79. The maximum Gasteiger partial charge on any atom is 0.418 e. The zero-order valence-electron chi connectivity index (χ0n) is 22.1. The molecule has 4 aromatic carbocycles. The highest BCUT2D eigenvalue weighted by Crippen LogP contribution is 2.52. The molecule has 1 atom stereocenters. The largest absolute Gasteiger partial charge is 0.418 e. The van der Waals surface area contributed by atoms with Crippen molar-refractivity contribution in [1.29, 1.82) is 0 Å². The molecule has 1 heterocycles. The van der Waals surface area contributed by atoms with Crippen LogP contribution in [0.15, 0.2) is 103 Å². The molecule has 1 nitrogen and oxygen atoms in total. The summed E-state index contributed by atoms with van der Waals surface area (Å²) in [4.78, 5) is 0. The summed E-state index contributed by atoms with van der Waals surface area (Å²) in [5.74, 6) is -0.230. The Morgan fingerprint density at radius 1 is 0.744 bits per heavy atom. The second kappa shape index (κ2) is 8.22. The molecule has 2 aliphatic rings. The van der Waals surface area contributed by atoms with Crippen LogP contribution in [-0.2, 0) is 5.41 Å². The molecule has 5 aromatic rings. The van der Waals surface area contributed by atoms with Crippen LogP contribution in [0.4, 0.5) is 13.2 Å². The molecule has 4 heteroatoms. The summed E-state index contributed by atoms with van der Waals surface area (Å²) >= 11 is 0. The lowest BCUT2D eigenvalue weighted by Gasteiger charge is -2.29. The minimum atomic E-state index is -4.49. The van der Waals surface area contributed by atoms with E-state index in [1.165, 1.54) is 17.2 Å². The summed E-state index contributed by atoms with van der Waals surface area (Å²) in [7, 11) is 0. The van der Waals surface area contributed by atoms with E-state index in [1.807, 2.05) is 66.1 Å². The topological polar surface area (TPSA) is 4.93 Å². The molecule has 0 spiro atoms. The molecule has 1 unspecified atom stereocenters. The SMILES string of the molecule is CC1C=C(C(F)(F)F)C(n2c3ccccc3c3cc4c(cc32)C(C)(C)c2ccccc2-4)=C(c2ccccc2)C1. The van der Waals surface area contributed by atoms with E-state index in [2.05, 4.69) is 50.2 Å². The Kier molecular flexibility index (Phi) is 5.07. The van der Waals surface area contributed by atoms with E-state index in [4.69, 9.17) is 0 Å². The number of fused-ring (bicyclic) bond motifs is 6. The number of para-hydroxylation sites is 1. The van der Waals surface area contributed by atoms with E-state index in [-0.39, 0.29) is 17.0 Å². The van der Waals surface area contributed by atoms with Gasteiger partial charge in [-0.2, -0.15) is 13.2 Å². The van der Waals surface area contributed by atoms with Gasteiger partial charge >= 0.3 is 6.18 Å². The van der Waals surface area contributed by atoms with Crippen LogP contribution in [0, 0.1) is 5.92 Å². The molecule has 0 amide bonds. The fourth-order valence-electron chi connectivity index (χ4n) is 6.79. The van der Waals surface area contributed by atoms with Crippen LogP contribution in [0.1, 0.15) is 43.9 Å². The van der Waals surface area contributed by atoms with Gasteiger partial charge in [-0.25, -0.2) is 0 Å². The molecule has 0 saturated carbocycles. The Balaban J connectivity index is 1.64. The molecule has 0 fully saturated rings. The van der Waals surface area contributed by atoms with Crippen molar-refractivity contribution in [3.8, 4) is 11.1 Å². The van der Waals surface area contributed by atoms with E-state index in [9.17, 15) is 13.2 Å². The van der Waals surface area contributed by atoms with Crippen molar-refractivity contribution in [2.45, 2.75) is 38.8 Å². The first-order chi connectivity index (χ1) is 18.7. The van der Waals surface area contributed by atoms with E-state index in [1.54, 1.807) is 0 Å². The second-order valence-electron chi connectivity index (χ2n) is 11.4. The number of hydrogen-bond donors (Lipinski definition) is 0. The van der Waals surface area contributed by atoms with E-state index in [0.717, 1.165) is 44.1 Å². The summed E-state index contributed by atoms with van der Waals surface area (Å²) < 4.78 is 46.4. The average Bonchev–Trinajstić information content (AvgIpc) is 3.36. The summed E-state index contributed by atoms with van der Waals surface area (Å²) in [6.45, 7) is 6.27. The average molecular weight is 520 g/mol. The fraction of sp³-hybridized carbons (Fsp3) is 0.200. The van der Waals surface area contributed by atoms with Gasteiger partial charge in [0.2, 0.25) is 0 Å². The molecule has 1 aromatic heterocycles. The molecule has 2 aliphatic carbocycles. The van der Waals surface area contributed by atoms with Gasteiger partial charge in [0.15, 0.2) is 0 Å². The Labute approximate surface area is 225 Å².